The number of nitrogens with one attached hydrogen (secondary N) is 1. The van der Waals surface area contributed by atoms with Gasteiger partial charge in [0.1, 0.15) is 11.5 Å². The number of fused-ring (bicyclic) bond motifs is 1. The second-order valence-corrected chi connectivity index (χ2v) is 9.13. The van der Waals surface area contributed by atoms with Crippen molar-refractivity contribution in [2.45, 2.75) is 25.2 Å². The maximum absolute atomic E-state index is 13.2. The second-order valence-electron chi connectivity index (χ2n) is 9.13. The fourth-order valence-electron chi connectivity index (χ4n) is 4.72. The number of allylic oxidation sites excluding steroid dienone is 1. The molecule has 2 aromatic rings. The molecule has 2 aliphatic rings. The van der Waals surface area contributed by atoms with Crippen LogP contribution < -0.4 is 16.0 Å². The number of carbonyl (C=O) groups excluding carboxylic acids is 3. The molecule has 0 radical (unpaired) electrons. The van der Waals surface area contributed by atoms with Gasteiger partial charge in [-0.25, -0.2) is 9.59 Å². The van der Waals surface area contributed by atoms with Gasteiger partial charge in [0.2, 0.25) is 0 Å². The van der Waals surface area contributed by atoms with E-state index in [0.717, 1.165) is 5.56 Å². The van der Waals surface area contributed by atoms with Gasteiger partial charge in [-0.1, -0.05) is 50.2 Å². The number of nitrogens with two attached hydrogens (primary N) is 1. The van der Waals surface area contributed by atoms with Crippen LogP contribution in [0.1, 0.15) is 41.3 Å². The van der Waals surface area contributed by atoms with E-state index >= 15 is 0 Å². The first-order valence-electron chi connectivity index (χ1n) is 11.2. The lowest BCUT2D eigenvalue weighted by Crippen LogP contribution is -2.44. The summed E-state index contributed by atoms with van der Waals surface area (Å²) in [6, 6.07) is 15.9. The van der Waals surface area contributed by atoms with Crippen LogP contribution in [-0.4, -0.2) is 38.6 Å². The zero-order valence-corrected chi connectivity index (χ0v) is 20.4. The maximum Gasteiger partial charge on any atom is 0.355 e. The summed E-state index contributed by atoms with van der Waals surface area (Å²) in [7, 11) is 2.37. The lowest BCUT2D eigenvalue weighted by atomic mass is 9.78. The standard InChI is InChI=1S/C27H26N4O5/c1-27(2)14-30-24(32)17-12-16(10-11-19(17)27)31-22(26(34)36-4)21(25(33)35-3)20(18(13-28)23(31)29)15-8-6-5-7-9-15/h5-12,20H,14,29H2,1-4H3,(H,30,32). The van der Waals surface area contributed by atoms with Crippen LogP contribution >= 0.6 is 0 Å². The molecule has 184 valence electrons. The number of esters is 2. The fourth-order valence-corrected chi connectivity index (χ4v) is 4.72. The summed E-state index contributed by atoms with van der Waals surface area (Å²) in [6.45, 7) is 4.49. The van der Waals surface area contributed by atoms with E-state index in [1.165, 1.54) is 19.1 Å². The molecule has 3 N–H and O–H groups in total. The van der Waals surface area contributed by atoms with Gasteiger partial charge < -0.3 is 20.5 Å². The third kappa shape index (κ3) is 3.86. The fraction of sp³-hybridized carbons (Fsp3) is 0.259. The molecule has 0 aliphatic carbocycles. The highest BCUT2D eigenvalue weighted by Crippen LogP contribution is 2.44. The smallest absolute Gasteiger partial charge is 0.355 e. The second kappa shape index (κ2) is 9.23. The largest absolute Gasteiger partial charge is 0.466 e. The summed E-state index contributed by atoms with van der Waals surface area (Å²) >= 11 is 0. The van der Waals surface area contributed by atoms with E-state index in [2.05, 4.69) is 11.4 Å². The van der Waals surface area contributed by atoms with Gasteiger partial charge in [-0.15, -0.1) is 0 Å². The van der Waals surface area contributed by atoms with Crippen molar-refractivity contribution in [3.05, 3.63) is 87.9 Å². The topological polar surface area (TPSA) is 135 Å². The number of amides is 1. The number of nitriles is 1. The number of anilines is 1. The summed E-state index contributed by atoms with van der Waals surface area (Å²) in [5.41, 5.74) is 8.11. The van der Waals surface area contributed by atoms with Gasteiger partial charge in [-0.3, -0.25) is 9.69 Å². The Morgan fingerprint density at radius 1 is 1.11 bits per heavy atom. The average Bonchev–Trinajstić information content (AvgIpc) is 2.89. The first-order chi connectivity index (χ1) is 17.2. The molecule has 1 atom stereocenters. The molecule has 1 unspecified atom stereocenters. The van der Waals surface area contributed by atoms with Crippen LogP contribution in [0, 0.1) is 11.3 Å². The minimum absolute atomic E-state index is 0.0526. The van der Waals surface area contributed by atoms with Gasteiger partial charge in [0.25, 0.3) is 5.91 Å². The molecule has 0 saturated heterocycles. The zero-order chi connectivity index (χ0) is 26.2. The first-order valence-corrected chi connectivity index (χ1v) is 11.2. The minimum atomic E-state index is -0.964. The monoisotopic (exact) mass is 486 g/mol. The number of hydrogen-bond donors (Lipinski definition) is 2. The molecule has 0 saturated carbocycles. The number of nitrogens with zero attached hydrogens (tertiary/aromatic N) is 2. The van der Waals surface area contributed by atoms with Crippen molar-refractivity contribution < 1.29 is 23.9 Å². The molecule has 0 fully saturated rings. The molecule has 36 heavy (non-hydrogen) atoms. The number of ether oxygens (including phenoxy) is 2. The van der Waals surface area contributed by atoms with Crippen LogP contribution in [0.4, 0.5) is 5.69 Å². The number of methoxy groups -OCH3 is 2. The van der Waals surface area contributed by atoms with E-state index in [1.807, 2.05) is 13.8 Å². The van der Waals surface area contributed by atoms with Gasteiger partial charge in [0.15, 0.2) is 0 Å². The van der Waals surface area contributed by atoms with Gasteiger partial charge >= 0.3 is 11.9 Å². The van der Waals surface area contributed by atoms with Crippen LogP contribution in [0.2, 0.25) is 0 Å². The molecular weight excluding hydrogens is 460 g/mol. The lowest BCUT2D eigenvalue weighted by Gasteiger charge is -2.37. The minimum Gasteiger partial charge on any atom is -0.466 e. The van der Waals surface area contributed by atoms with Crippen LogP contribution in [0.25, 0.3) is 0 Å². The number of carbonyl (C=O) groups is 3. The predicted molar refractivity (Wildman–Crippen MR) is 131 cm³/mol. The zero-order valence-electron chi connectivity index (χ0n) is 20.4. The third-order valence-electron chi connectivity index (χ3n) is 6.54. The molecule has 4 rings (SSSR count). The highest BCUT2D eigenvalue weighted by Gasteiger charge is 2.43. The summed E-state index contributed by atoms with van der Waals surface area (Å²) in [6.07, 6.45) is 0. The number of benzene rings is 2. The van der Waals surface area contributed by atoms with Crippen molar-refractivity contribution >= 4 is 23.5 Å². The van der Waals surface area contributed by atoms with Crippen molar-refractivity contribution in [3.8, 4) is 6.07 Å². The average molecular weight is 487 g/mol. The van der Waals surface area contributed by atoms with Crippen LogP contribution in [-0.2, 0) is 24.5 Å². The quantitative estimate of drug-likeness (QED) is 0.630. The summed E-state index contributed by atoms with van der Waals surface area (Å²) in [4.78, 5) is 40.3. The molecule has 1 amide bonds. The van der Waals surface area contributed by atoms with Crippen LogP contribution in [0.5, 0.6) is 0 Å². The molecule has 2 aromatic carbocycles. The Bertz CT molecular complexity index is 1370. The van der Waals surface area contributed by atoms with Gasteiger partial charge in [0.05, 0.1) is 37.4 Å². The highest BCUT2D eigenvalue weighted by atomic mass is 16.5. The van der Waals surface area contributed by atoms with Gasteiger partial charge in [-0.05, 0) is 23.3 Å². The van der Waals surface area contributed by atoms with Crippen molar-refractivity contribution in [2.75, 3.05) is 25.7 Å². The summed E-state index contributed by atoms with van der Waals surface area (Å²) < 4.78 is 10.1. The first kappa shape index (κ1) is 24.5. The van der Waals surface area contributed by atoms with Crippen molar-refractivity contribution in [2.24, 2.45) is 5.73 Å². The van der Waals surface area contributed by atoms with E-state index in [1.54, 1.807) is 48.5 Å². The lowest BCUT2D eigenvalue weighted by molar-refractivity contribution is -0.139. The van der Waals surface area contributed by atoms with Crippen molar-refractivity contribution in [1.29, 1.82) is 5.26 Å². The molecule has 0 spiro atoms. The molecule has 9 nitrogen and oxygen atoms in total. The van der Waals surface area contributed by atoms with E-state index in [4.69, 9.17) is 15.2 Å². The normalized spacial score (nSPS) is 18.7. The predicted octanol–water partition coefficient (Wildman–Crippen LogP) is 2.61. The Balaban J connectivity index is 2.04. The Hall–Kier alpha value is -4.58. The Kier molecular flexibility index (Phi) is 6.29. The van der Waals surface area contributed by atoms with Gasteiger partial charge in [-0.2, -0.15) is 5.26 Å². The molecular formula is C27H26N4O5. The highest BCUT2D eigenvalue weighted by molar-refractivity contribution is 6.07. The molecule has 2 aliphatic heterocycles. The molecule has 2 heterocycles. The van der Waals surface area contributed by atoms with E-state index < -0.39 is 17.9 Å². The molecule has 9 heteroatoms. The van der Waals surface area contributed by atoms with E-state index in [9.17, 15) is 19.6 Å². The number of hydrogen-bond acceptors (Lipinski definition) is 8. The molecule has 0 bridgehead atoms. The maximum atomic E-state index is 13.2. The summed E-state index contributed by atoms with van der Waals surface area (Å²) in [5, 5.41) is 13.0. The Morgan fingerprint density at radius 3 is 2.39 bits per heavy atom. The van der Waals surface area contributed by atoms with E-state index in [-0.39, 0.29) is 34.0 Å². The van der Waals surface area contributed by atoms with Crippen molar-refractivity contribution in [3.63, 3.8) is 0 Å². The van der Waals surface area contributed by atoms with Gasteiger partial charge in [0, 0.05) is 23.2 Å². The third-order valence-corrected chi connectivity index (χ3v) is 6.54. The SMILES string of the molecule is COC(=O)C1=C(C(=O)OC)N(c2ccc3c(c2)C(=O)NCC3(C)C)C(N)=C(C#N)C1c1ccccc1. The van der Waals surface area contributed by atoms with Crippen LogP contribution in [0.15, 0.2) is 71.2 Å². The summed E-state index contributed by atoms with van der Waals surface area (Å²) in [5.74, 6) is -2.96. The van der Waals surface area contributed by atoms with E-state index in [0.29, 0.717) is 23.4 Å². The molecule has 0 aromatic heterocycles. The number of rotatable bonds is 4. The Morgan fingerprint density at radius 2 is 1.78 bits per heavy atom. The van der Waals surface area contributed by atoms with Crippen molar-refractivity contribution in [1.82, 2.24) is 5.32 Å². The Labute approximate surface area is 208 Å². The van der Waals surface area contributed by atoms with Crippen LogP contribution in [0.3, 0.4) is 0 Å².